The maximum absolute atomic E-state index is 12.1. The maximum atomic E-state index is 12.1. The minimum atomic E-state index is -0.0486. The number of carbonyl (C=O) groups is 2. The van der Waals surface area contributed by atoms with Gasteiger partial charge < -0.3 is 0 Å². The second-order valence-electron chi connectivity index (χ2n) is 5.35. The van der Waals surface area contributed by atoms with Crippen molar-refractivity contribution in [2.24, 2.45) is 11.8 Å². The van der Waals surface area contributed by atoms with Crippen molar-refractivity contribution in [3.05, 3.63) is 34.9 Å². The highest BCUT2D eigenvalue weighted by Crippen LogP contribution is 2.49. The molecule has 0 unspecified atom stereocenters. The smallest absolute Gasteiger partial charge is 0.137 e. The van der Waals surface area contributed by atoms with Gasteiger partial charge >= 0.3 is 0 Å². The molecule has 0 radical (unpaired) electrons. The van der Waals surface area contributed by atoms with Crippen molar-refractivity contribution in [2.75, 3.05) is 0 Å². The number of hydrogen-bond acceptors (Lipinski definition) is 2. The van der Waals surface area contributed by atoms with E-state index in [1.165, 1.54) is 0 Å². The summed E-state index contributed by atoms with van der Waals surface area (Å²) in [6.45, 7) is 0. The summed E-state index contributed by atoms with van der Waals surface area (Å²) < 4.78 is 0. The molecule has 0 saturated heterocycles. The van der Waals surface area contributed by atoms with E-state index in [4.69, 9.17) is 11.6 Å². The minimum Gasteiger partial charge on any atom is -0.300 e. The summed E-state index contributed by atoms with van der Waals surface area (Å²) in [4.78, 5) is 23.5. The highest BCUT2D eigenvalue weighted by atomic mass is 35.5. The summed E-state index contributed by atoms with van der Waals surface area (Å²) in [6.07, 6.45) is 2.46. The SMILES string of the molecule is O=C1CC[C@@H]2[C@H](C1)C(=O)C[C@@H]2c1ccccc1Cl. The van der Waals surface area contributed by atoms with E-state index < -0.39 is 0 Å². The lowest BCUT2D eigenvalue weighted by Gasteiger charge is -2.28. The number of benzene rings is 1. The third-order valence-corrected chi connectivity index (χ3v) is 4.72. The predicted octanol–water partition coefficient (Wildman–Crippen LogP) is 3.38. The highest BCUT2D eigenvalue weighted by Gasteiger charge is 2.46. The van der Waals surface area contributed by atoms with Crippen LogP contribution >= 0.6 is 11.6 Å². The molecule has 3 heteroatoms. The molecule has 3 atom stereocenters. The second-order valence-corrected chi connectivity index (χ2v) is 5.76. The van der Waals surface area contributed by atoms with Crippen molar-refractivity contribution in [1.82, 2.24) is 0 Å². The lowest BCUT2D eigenvalue weighted by atomic mass is 9.75. The number of halogens is 1. The van der Waals surface area contributed by atoms with Crippen LogP contribution in [0.3, 0.4) is 0 Å². The van der Waals surface area contributed by atoms with Crippen LogP contribution < -0.4 is 0 Å². The lowest BCUT2D eigenvalue weighted by molar-refractivity contribution is -0.129. The van der Waals surface area contributed by atoms with Gasteiger partial charge in [-0.1, -0.05) is 29.8 Å². The van der Waals surface area contributed by atoms with Crippen molar-refractivity contribution in [3.8, 4) is 0 Å². The third kappa shape index (κ3) is 1.89. The Bertz CT molecular complexity index is 509. The summed E-state index contributed by atoms with van der Waals surface area (Å²) in [7, 11) is 0. The Hall–Kier alpha value is -1.15. The zero-order chi connectivity index (χ0) is 12.7. The normalized spacial score (nSPS) is 31.5. The number of Topliss-reactive ketones (excluding diaryl/α,β-unsaturated/α-hetero) is 2. The summed E-state index contributed by atoms with van der Waals surface area (Å²) in [5.41, 5.74) is 1.08. The molecule has 94 valence electrons. The van der Waals surface area contributed by atoms with Crippen LogP contribution in [0, 0.1) is 11.8 Å². The van der Waals surface area contributed by atoms with Crippen LogP contribution in [0.25, 0.3) is 0 Å². The zero-order valence-corrected chi connectivity index (χ0v) is 10.8. The molecule has 0 N–H and O–H groups in total. The van der Waals surface area contributed by atoms with Gasteiger partial charge in [0.25, 0.3) is 0 Å². The van der Waals surface area contributed by atoms with E-state index >= 15 is 0 Å². The first-order valence-corrected chi connectivity index (χ1v) is 6.83. The van der Waals surface area contributed by atoms with Crippen molar-refractivity contribution >= 4 is 23.2 Å². The van der Waals surface area contributed by atoms with Crippen LogP contribution in [0.4, 0.5) is 0 Å². The van der Waals surface area contributed by atoms with E-state index in [0.717, 1.165) is 17.0 Å². The fraction of sp³-hybridized carbons (Fsp3) is 0.467. The van der Waals surface area contributed by atoms with Crippen LogP contribution in [-0.4, -0.2) is 11.6 Å². The Morgan fingerprint density at radius 1 is 1.06 bits per heavy atom. The van der Waals surface area contributed by atoms with Crippen LogP contribution in [0.1, 0.15) is 37.2 Å². The molecule has 2 aliphatic carbocycles. The molecular weight excluding hydrogens is 248 g/mol. The zero-order valence-electron chi connectivity index (χ0n) is 10.1. The Morgan fingerprint density at radius 3 is 2.61 bits per heavy atom. The fourth-order valence-electron chi connectivity index (χ4n) is 3.50. The van der Waals surface area contributed by atoms with Gasteiger partial charge in [0.2, 0.25) is 0 Å². The molecule has 1 aromatic carbocycles. The molecule has 0 heterocycles. The summed E-state index contributed by atoms with van der Waals surface area (Å²) >= 11 is 6.23. The molecule has 0 amide bonds. The van der Waals surface area contributed by atoms with E-state index in [1.807, 2.05) is 24.3 Å². The summed E-state index contributed by atoms with van der Waals surface area (Å²) in [5.74, 6) is 0.967. The lowest BCUT2D eigenvalue weighted by Crippen LogP contribution is -2.26. The predicted molar refractivity (Wildman–Crippen MR) is 69.7 cm³/mol. The molecule has 0 aromatic heterocycles. The van der Waals surface area contributed by atoms with Crippen molar-refractivity contribution in [1.29, 1.82) is 0 Å². The molecule has 2 fully saturated rings. The van der Waals surface area contributed by atoms with Gasteiger partial charge in [-0.15, -0.1) is 0 Å². The van der Waals surface area contributed by atoms with Gasteiger partial charge in [0.15, 0.2) is 0 Å². The third-order valence-electron chi connectivity index (χ3n) is 4.38. The molecule has 2 aliphatic rings. The fourth-order valence-corrected chi connectivity index (χ4v) is 3.77. The Labute approximate surface area is 111 Å². The number of rotatable bonds is 1. The van der Waals surface area contributed by atoms with Crippen LogP contribution in [0.2, 0.25) is 5.02 Å². The van der Waals surface area contributed by atoms with Crippen molar-refractivity contribution in [2.45, 2.75) is 31.6 Å². The largest absolute Gasteiger partial charge is 0.300 e. The molecule has 0 spiro atoms. The average molecular weight is 263 g/mol. The molecule has 2 nitrogen and oxygen atoms in total. The Balaban J connectivity index is 1.93. The molecule has 2 saturated carbocycles. The number of carbonyl (C=O) groups excluding carboxylic acids is 2. The summed E-state index contributed by atoms with van der Waals surface area (Å²) in [5, 5.41) is 0.743. The van der Waals surface area contributed by atoms with Crippen LogP contribution in [0.5, 0.6) is 0 Å². The van der Waals surface area contributed by atoms with Crippen molar-refractivity contribution < 1.29 is 9.59 Å². The first-order valence-electron chi connectivity index (χ1n) is 6.45. The standard InChI is InChI=1S/C15H15ClO2/c16-14-4-2-1-3-11(14)12-8-15(18)13-7-9(17)5-6-10(12)13/h1-4,10,12-13H,5-8H2/t10-,12-,13-/m0/s1. The number of fused-ring (bicyclic) bond motifs is 1. The van der Waals surface area contributed by atoms with Gasteiger partial charge in [-0.3, -0.25) is 9.59 Å². The molecule has 3 rings (SSSR count). The van der Waals surface area contributed by atoms with E-state index in [2.05, 4.69) is 0 Å². The first kappa shape index (κ1) is 11.9. The maximum Gasteiger partial charge on any atom is 0.137 e. The van der Waals surface area contributed by atoms with Gasteiger partial charge in [-0.25, -0.2) is 0 Å². The Morgan fingerprint density at radius 2 is 1.83 bits per heavy atom. The second kappa shape index (κ2) is 4.51. The van der Waals surface area contributed by atoms with Gasteiger partial charge in [-0.05, 0) is 29.9 Å². The minimum absolute atomic E-state index is 0.0486. The van der Waals surface area contributed by atoms with Gasteiger partial charge in [0, 0.05) is 30.2 Å². The van der Waals surface area contributed by atoms with E-state index in [1.54, 1.807) is 0 Å². The number of hydrogen-bond donors (Lipinski definition) is 0. The topological polar surface area (TPSA) is 34.1 Å². The van der Waals surface area contributed by atoms with E-state index in [0.29, 0.717) is 25.2 Å². The van der Waals surface area contributed by atoms with Gasteiger partial charge in [0.05, 0.1) is 0 Å². The monoisotopic (exact) mass is 262 g/mol. The molecule has 0 bridgehead atoms. The quantitative estimate of drug-likeness (QED) is 0.778. The molecule has 0 aliphatic heterocycles. The summed E-state index contributed by atoms with van der Waals surface area (Å²) in [6, 6.07) is 7.76. The molecule has 1 aromatic rings. The van der Waals surface area contributed by atoms with Crippen molar-refractivity contribution in [3.63, 3.8) is 0 Å². The first-order chi connectivity index (χ1) is 8.66. The average Bonchev–Trinajstić information content (AvgIpc) is 2.67. The van der Waals surface area contributed by atoms with Gasteiger partial charge in [0.1, 0.15) is 11.6 Å². The molecular formula is C15H15ClO2. The molecule has 18 heavy (non-hydrogen) atoms. The van der Waals surface area contributed by atoms with E-state index in [-0.39, 0.29) is 23.4 Å². The number of ketones is 2. The van der Waals surface area contributed by atoms with Gasteiger partial charge in [-0.2, -0.15) is 0 Å². The highest BCUT2D eigenvalue weighted by molar-refractivity contribution is 6.31. The Kier molecular flexibility index (Phi) is 2.98. The van der Waals surface area contributed by atoms with Crippen LogP contribution in [0.15, 0.2) is 24.3 Å². The van der Waals surface area contributed by atoms with E-state index in [9.17, 15) is 9.59 Å². The van der Waals surface area contributed by atoms with Crippen LogP contribution in [-0.2, 0) is 9.59 Å².